The van der Waals surface area contributed by atoms with Crippen LogP contribution in [0.4, 0.5) is 0 Å². The Morgan fingerprint density at radius 3 is 2.79 bits per heavy atom. The van der Waals surface area contributed by atoms with E-state index in [0.29, 0.717) is 19.0 Å². The first-order valence-electron chi connectivity index (χ1n) is 6.61. The van der Waals surface area contributed by atoms with E-state index in [-0.39, 0.29) is 5.91 Å². The highest BCUT2D eigenvalue weighted by Gasteiger charge is 2.26. The molecule has 2 heterocycles. The van der Waals surface area contributed by atoms with Gasteiger partial charge in [0.15, 0.2) is 0 Å². The molecular weight excluding hydrogens is 238 g/mol. The molecule has 0 saturated carbocycles. The van der Waals surface area contributed by atoms with Crippen molar-refractivity contribution in [2.45, 2.75) is 25.4 Å². The van der Waals surface area contributed by atoms with E-state index in [0.717, 1.165) is 13.0 Å². The number of rotatable bonds is 3. The molecule has 4 nitrogen and oxygen atoms in total. The first kappa shape index (κ1) is 12.0. The molecule has 4 heteroatoms. The second-order valence-electron chi connectivity index (χ2n) is 4.98. The Hall–Kier alpha value is -2.10. The van der Waals surface area contributed by atoms with Crippen molar-refractivity contribution in [2.24, 2.45) is 0 Å². The molecule has 98 valence electrons. The van der Waals surface area contributed by atoms with Gasteiger partial charge in [0.2, 0.25) is 5.91 Å². The van der Waals surface area contributed by atoms with Crippen LogP contribution in [0.3, 0.4) is 0 Å². The molecule has 1 aliphatic heterocycles. The van der Waals surface area contributed by atoms with Gasteiger partial charge in [0.05, 0.1) is 13.0 Å². The minimum absolute atomic E-state index is 0.230. The van der Waals surface area contributed by atoms with E-state index in [2.05, 4.69) is 17.1 Å². The quantitative estimate of drug-likeness (QED) is 0.843. The molecule has 1 atom stereocenters. The molecule has 2 aromatic rings. The number of aromatic nitrogens is 2. The fraction of sp³-hybridized carbons (Fsp3) is 0.333. The van der Waals surface area contributed by atoms with Crippen molar-refractivity contribution < 1.29 is 4.79 Å². The van der Waals surface area contributed by atoms with E-state index in [1.807, 2.05) is 33.9 Å². The molecule has 1 unspecified atom stereocenters. The van der Waals surface area contributed by atoms with Crippen LogP contribution < -0.4 is 0 Å². The maximum atomic E-state index is 12.2. The van der Waals surface area contributed by atoms with Gasteiger partial charge < -0.3 is 9.47 Å². The minimum Gasteiger partial charge on any atom is -0.325 e. The highest BCUT2D eigenvalue weighted by atomic mass is 16.2. The molecule has 0 spiro atoms. The molecule has 0 bridgehead atoms. The van der Waals surface area contributed by atoms with Gasteiger partial charge in [0.25, 0.3) is 0 Å². The summed E-state index contributed by atoms with van der Waals surface area (Å²) in [5.74, 6) is 0.599. The molecular formula is C15H17N3O. The third kappa shape index (κ3) is 2.67. The smallest absolute Gasteiger partial charge is 0.224 e. The Balaban J connectivity index is 1.64. The zero-order chi connectivity index (χ0) is 13.1. The van der Waals surface area contributed by atoms with Crippen LogP contribution in [-0.2, 0) is 11.5 Å². The molecule has 0 aliphatic carbocycles. The van der Waals surface area contributed by atoms with Gasteiger partial charge in [0, 0.05) is 25.4 Å². The third-order valence-electron chi connectivity index (χ3n) is 3.69. The van der Waals surface area contributed by atoms with Gasteiger partial charge in [0.1, 0.15) is 0 Å². The number of imidazole rings is 1. The number of nitrogens with zero attached hydrogens (tertiary/aromatic N) is 3. The Morgan fingerprint density at radius 1 is 1.26 bits per heavy atom. The van der Waals surface area contributed by atoms with E-state index in [1.54, 1.807) is 12.5 Å². The summed E-state index contributed by atoms with van der Waals surface area (Å²) in [6.45, 7) is 1.43. The Bertz CT molecular complexity index is 536. The van der Waals surface area contributed by atoms with E-state index in [4.69, 9.17) is 0 Å². The zero-order valence-corrected chi connectivity index (χ0v) is 10.8. The summed E-state index contributed by atoms with van der Waals surface area (Å²) < 4.78 is 1.93. The van der Waals surface area contributed by atoms with Crippen molar-refractivity contribution in [1.29, 1.82) is 0 Å². The van der Waals surface area contributed by atoms with Crippen LogP contribution in [0, 0.1) is 0 Å². The highest BCUT2D eigenvalue weighted by molar-refractivity contribution is 5.77. The van der Waals surface area contributed by atoms with Crippen LogP contribution in [0.5, 0.6) is 0 Å². The summed E-state index contributed by atoms with van der Waals surface area (Å²) >= 11 is 0. The van der Waals surface area contributed by atoms with Crippen molar-refractivity contribution in [1.82, 2.24) is 14.5 Å². The monoisotopic (exact) mass is 255 g/mol. The third-order valence-corrected chi connectivity index (χ3v) is 3.69. The molecule has 1 aromatic heterocycles. The highest BCUT2D eigenvalue weighted by Crippen LogP contribution is 2.28. The lowest BCUT2D eigenvalue weighted by Gasteiger charge is -2.32. The Kier molecular flexibility index (Phi) is 3.31. The van der Waals surface area contributed by atoms with Gasteiger partial charge in [-0.3, -0.25) is 4.79 Å². The van der Waals surface area contributed by atoms with Crippen LogP contribution in [0.2, 0.25) is 0 Å². The molecule has 3 rings (SSSR count). The Morgan fingerprint density at radius 2 is 2.11 bits per heavy atom. The molecule has 0 radical (unpaired) electrons. The lowest BCUT2D eigenvalue weighted by atomic mass is 9.89. The molecule has 0 N–H and O–H groups in total. The normalized spacial score (nSPS) is 19.7. The number of amides is 1. The van der Waals surface area contributed by atoms with E-state index >= 15 is 0 Å². The summed E-state index contributed by atoms with van der Waals surface area (Å²) in [6.07, 6.45) is 7.01. The second-order valence-corrected chi connectivity index (χ2v) is 4.98. The standard InChI is InChI=1S/C15H17N3O/c19-15-10-14(13-4-2-1-3-5-13)6-8-18(15)12-17-9-7-16-11-17/h1-5,7,9,11,14H,6,8,10,12H2. The predicted octanol–water partition coefficient (Wildman–Crippen LogP) is 2.25. The van der Waals surface area contributed by atoms with Crippen LogP contribution in [0.1, 0.15) is 24.3 Å². The van der Waals surface area contributed by atoms with Gasteiger partial charge in [-0.15, -0.1) is 0 Å². The van der Waals surface area contributed by atoms with Gasteiger partial charge in [-0.25, -0.2) is 4.98 Å². The number of carbonyl (C=O) groups is 1. The molecule has 1 amide bonds. The predicted molar refractivity (Wildman–Crippen MR) is 72.4 cm³/mol. The van der Waals surface area contributed by atoms with Crippen LogP contribution in [0.15, 0.2) is 49.1 Å². The van der Waals surface area contributed by atoms with E-state index in [1.165, 1.54) is 5.56 Å². The van der Waals surface area contributed by atoms with Crippen LogP contribution in [0.25, 0.3) is 0 Å². The fourth-order valence-corrected chi connectivity index (χ4v) is 2.61. The summed E-state index contributed by atoms with van der Waals surface area (Å²) in [5.41, 5.74) is 1.28. The van der Waals surface area contributed by atoms with Crippen LogP contribution in [-0.4, -0.2) is 26.9 Å². The molecule has 1 aromatic carbocycles. The van der Waals surface area contributed by atoms with Crippen molar-refractivity contribution in [3.63, 3.8) is 0 Å². The fourth-order valence-electron chi connectivity index (χ4n) is 2.61. The average molecular weight is 255 g/mol. The maximum absolute atomic E-state index is 12.2. The number of hydrogen-bond donors (Lipinski definition) is 0. The maximum Gasteiger partial charge on any atom is 0.224 e. The number of hydrogen-bond acceptors (Lipinski definition) is 2. The van der Waals surface area contributed by atoms with Crippen molar-refractivity contribution >= 4 is 5.91 Å². The van der Waals surface area contributed by atoms with Gasteiger partial charge in [-0.05, 0) is 17.9 Å². The molecule has 1 fully saturated rings. The summed E-state index contributed by atoms with van der Waals surface area (Å²) in [5, 5.41) is 0. The van der Waals surface area contributed by atoms with Crippen LogP contribution >= 0.6 is 0 Å². The topological polar surface area (TPSA) is 38.1 Å². The van der Waals surface area contributed by atoms with Crippen molar-refractivity contribution in [2.75, 3.05) is 6.54 Å². The molecule has 1 saturated heterocycles. The first-order valence-corrected chi connectivity index (χ1v) is 6.61. The average Bonchev–Trinajstić information content (AvgIpc) is 2.95. The summed E-state index contributed by atoms with van der Waals surface area (Å²) in [4.78, 5) is 18.1. The first-order chi connectivity index (χ1) is 9.33. The van der Waals surface area contributed by atoms with E-state index in [9.17, 15) is 4.79 Å². The number of likely N-dealkylation sites (tertiary alicyclic amines) is 1. The second kappa shape index (κ2) is 5.26. The van der Waals surface area contributed by atoms with Gasteiger partial charge in [-0.2, -0.15) is 0 Å². The number of benzene rings is 1. The summed E-state index contributed by atoms with van der Waals surface area (Å²) in [6, 6.07) is 10.3. The Labute approximate surface area is 112 Å². The molecule has 1 aliphatic rings. The van der Waals surface area contributed by atoms with E-state index < -0.39 is 0 Å². The largest absolute Gasteiger partial charge is 0.325 e. The van der Waals surface area contributed by atoms with Crippen molar-refractivity contribution in [3.8, 4) is 0 Å². The van der Waals surface area contributed by atoms with Crippen molar-refractivity contribution in [3.05, 3.63) is 54.6 Å². The summed E-state index contributed by atoms with van der Waals surface area (Å²) in [7, 11) is 0. The molecule has 19 heavy (non-hydrogen) atoms. The van der Waals surface area contributed by atoms with Gasteiger partial charge in [-0.1, -0.05) is 30.3 Å². The minimum atomic E-state index is 0.230. The SMILES string of the molecule is O=C1CC(c2ccccc2)CCN1Cn1ccnc1. The number of piperidine rings is 1. The zero-order valence-electron chi connectivity index (χ0n) is 10.8. The lowest BCUT2D eigenvalue weighted by Crippen LogP contribution is -2.39. The number of carbonyl (C=O) groups excluding carboxylic acids is 1. The lowest BCUT2D eigenvalue weighted by molar-refractivity contribution is -0.135. The van der Waals surface area contributed by atoms with Gasteiger partial charge >= 0.3 is 0 Å².